The second-order valence-corrected chi connectivity index (χ2v) is 34.1. The predicted molar refractivity (Wildman–Crippen MR) is 432 cm³/mol. The number of aliphatic hydroxyl groups is 1. The molecule has 0 saturated heterocycles. The first-order valence-corrected chi connectivity index (χ1v) is 47.7. The SMILES string of the molecule is CCCCCCCCCCCCCCCCCCCCCCC(=O)O[C@H](COC(=O)CCCCCCCCCCCCCCCCC(C)CC)COP(=O)(O)OC[C@@H](O)COP(=O)(O)OC[C@@H](COC(=O)CCCCCCCCCCCCCCC)OC(=O)CCCCCCCCCCCCCCCC. The minimum absolute atomic E-state index is 0.109. The lowest BCUT2D eigenvalue weighted by Crippen LogP contribution is -2.30. The highest BCUT2D eigenvalue weighted by atomic mass is 31.2. The molecule has 3 unspecified atom stereocenters. The van der Waals surface area contributed by atoms with E-state index in [9.17, 15) is 43.2 Å². The van der Waals surface area contributed by atoms with Crippen LogP contribution in [0.3, 0.4) is 0 Å². The zero-order chi connectivity index (χ0) is 76.9. The zero-order valence-corrected chi connectivity index (χ0v) is 70.7. The molecule has 624 valence electrons. The average molecular weight is 1540 g/mol. The van der Waals surface area contributed by atoms with E-state index in [0.717, 1.165) is 95.8 Å². The highest BCUT2D eigenvalue weighted by molar-refractivity contribution is 7.47. The van der Waals surface area contributed by atoms with Crippen LogP contribution in [0.2, 0.25) is 0 Å². The van der Waals surface area contributed by atoms with Crippen LogP contribution in [0.25, 0.3) is 0 Å². The highest BCUT2D eigenvalue weighted by Gasteiger charge is 2.30. The van der Waals surface area contributed by atoms with E-state index in [-0.39, 0.29) is 25.7 Å². The van der Waals surface area contributed by atoms with Crippen molar-refractivity contribution in [3.63, 3.8) is 0 Å². The summed E-state index contributed by atoms with van der Waals surface area (Å²) in [5, 5.41) is 10.7. The van der Waals surface area contributed by atoms with Crippen LogP contribution in [0.4, 0.5) is 0 Å². The molecule has 0 radical (unpaired) electrons. The lowest BCUT2D eigenvalue weighted by Gasteiger charge is -2.21. The summed E-state index contributed by atoms with van der Waals surface area (Å²) in [5.74, 6) is -1.25. The number of phosphoric acid groups is 2. The number of aliphatic hydroxyl groups excluding tert-OH is 1. The van der Waals surface area contributed by atoms with E-state index in [1.165, 1.54) is 289 Å². The molecule has 0 aromatic carbocycles. The quantitative estimate of drug-likeness (QED) is 0.0222. The summed E-state index contributed by atoms with van der Waals surface area (Å²) >= 11 is 0. The van der Waals surface area contributed by atoms with Gasteiger partial charge in [-0.1, -0.05) is 413 Å². The molecule has 0 aromatic rings. The Morgan fingerprint density at radius 1 is 0.267 bits per heavy atom. The molecule has 0 aliphatic heterocycles. The molecule has 0 fully saturated rings. The minimum atomic E-state index is -4.97. The first kappa shape index (κ1) is 103. The van der Waals surface area contributed by atoms with Gasteiger partial charge in [0.05, 0.1) is 26.4 Å². The summed E-state index contributed by atoms with van der Waals surface area (Å²) in [6.45, 7) is 7.43. The Morgan fingerprint density at radius 2 is 0.457 bits per heavy atom. The van der Waals surface area contributed by atoms with Crippen molar-refractivity contribution < 1.29 is 80.2 Å². The summed E-state index contributed by atoms with van der Waals surface area (Å²) in [6.07, 6.45) is 72.0. The van der Waals surface area contributed by atoms with Crippen LogP contribution >= 0.6 is 15.6 Å². The number of rotatable bonds is 86. The van der Waals surface area contributed by atoms with Gasteiger partial charge in [0.1, 0.15) is 19.3 Å². The van der Waals surface area contributed by atoms with Crippen molar-refractivity contribution >= 4 is 39.5 Å². The number of unbranched alkanes of at least 4 members (excludes halogenated alkanes) is 57. The minimum Gasteiger partial charge on any atom is -0.462 e. The van der Waals surface area contributed by atoms with Crippen LogP contribution in [-0.2, 0) is 65.4 Å². The molecule has 0 aliphatic rings. The van der Waals surface area contributed by atoms with E-state index in [4.69, 9.17) is 37.0 Å². The lowest BCUT2D eigenvalue weighted by atomic mass is 9.99. The van der Waals surface area contributed by atoms with Gasteiger partial charge >= 0.3 is 39.5 Å². The van der Waals surface area contributed by atoms with Crippen molar-refractivity contribution in [2.24, 2.45) is 5.92 Å². The van der Waals surface area contributed by atoms with Gasteiger partial charge in [0.25, 0.3) is 0 Å². The third-order valence-corrected chi connectivity index (χ3v) is 22.5. The van der Waals surface area contributed by atoms with Gasteiger partial charge in [-0.3, -0.25) is 37.3 Å². The second-order valence-electron chi connectivity index (χ2n) is 31.2. The van der Waals surface area contributed by atoms with Gasteiger partial charge < -0.3 is 33.8 Å². The molecular weight excluding hydrogens is 1370 g/mol. The largest absolute Gasteiger partial charge is 0.472 e. The molecule has 3 N–H and O–H groups in total. The monoisotopic (exact) mass is 1540 g/mol. The number of carbonyl (C=O) groups is 4. The topological polar surface area (TPSA) is 237 Å². The van der Waals surface area contributed by atoms with Crippen molar-refractivity contribution in [3.05, 3.63) is 0 Å². The molecule has 19 heteroatoms. The Morgan fingerprint density at radius 3 is 0.676 bits per heavy atom. The third kappa shape index (κ3) is 78.5. The maximum atomic E-state index is 13.2. The molecule has 0 saturated carbocycles. The van der Waals surface area contributed by atoms with E-state index < -0.39 is 97.5 Å². The molecule has 105 heavy (non-hydrogen) atoms. The molecule has 17 nitrogen and oxygen atoms in total. The van der Waals surface area contributed by atoms with Gasteiger partial charge in [-0.2, -0.15) is 0 Å². The summed E-state index contributed by atoms with van der Waals surface area (Å²) < 4.78 is 68.9. The number of hydrogen-bond donors (Lipinski definition) is 3. The predicted octanol–water partition coefficient (Wildman–Crippen LogP) is 26.4. The molecule has 6 atom stereocenters. The van der Waals surface area contributed by atoms with Gasteiger partial charge in [-0.25, -0.2) is 9.13 Å². The van der Waals surface area contributed by atoms with Gasteiger partial charge in [0.2, 0.25) is 0 Å². The fraction of sp³-hybridized carbons (Fsp3) is 0.953. The summed E-state index contributed by atoms with van der Waals surface area (Å²) in [7, 11) is -9.93. The van der Waals surface area contributed by atoms with E-state index in [1.54, 1.807) is 0 Å². The first-order chi connectivity index (χ1) is 51.1. The van der Waals surface area contributed by atoms with Crippen LogP contribution in [-0.4, -0.2) is 96.7 Å². The zero-order valence-electron chi connectivity index (χ0n) is 68.9. The number of hydrogen-bond acceptors (Lipinski definition) is 15. The number of ether oxygens (including phenoxy) is 4. The van der Waals surface area contributed by atoms with E-state index in [1.807, 2.05) is 0 Å². The standard InChI is InChI=1S/C86H168O17P2/c1-6-10-13-16-19-22-25-28-30-31-32-33-34-35-42-47-52-57-62-67-72-86(91)103-82(76-97-84(89)70-65-60-55-50-45-41-37-36-39-43-48-53-58-63-68-79(5)9-4)78-101-105(94,95)99-74-80(87)73-98-104(92,93)100-77-81(75-96-83(88)69-64-59-54-49-44-38-27-24-21-18-15-12-8-3)102-85(90)71-66-61-56-51-46-40-29-26-23-20-17-14-11-7-2/h79-82,87H,6-78H2,1-5H3,(H,92,93)(H,94,95)/t79?,80-,81+,82+/m0/s1. The smallest absolute Gasteiger partial charge is 0.462 e. The van der Waals surface area contributed by atoms with Crippen molar-refractivity contribution in [2.45, 2.75) is 483 Å². The number of carbonyl (C=O) groups excluding carboxylic acids is 4. The fourth-order valence-electron chi connectivity index (χ4n) is 13.4. The summed E-state index contributed by atoms with van der Waals surface area (Å²) in [6, 6.07) is 0. The first-order valence-electron chi connectivity index (χ1n) is 44.7. The highest BCUT2D eigenvalue weighted by Crippen LogP contribution is 2.45. The summed E-state index contributed by atoms with van der Waals surface area (Å²) in [4.78, 5) is 73.3. The molecule has 0 rings (SSSR count). The van der Waals surface area contributed by atoms with Crippen molar-refractivity contribution in [1.82, 2.24) is 0 Å². The molecule has 0 amide bonds. The summed E-state index contributed by atoms with van der Waals surface area (Å²) in [5.41, 5.74) is 0. The molecule has 0 aromatic heterocycles. The Hall–Kier alpha value is -1.94. The molecule has 0 bridgehead atoms. The Kier molecular flexibility index (Phi) is 77.3. The Balaban J connectivity index is 5.25. The van der Waals surface area contributed by atoms with Gasteiger partial charge in [0, 0.05) is 25.7 Å². The van der Waals surface area contributed by atoms with Crippen LogP contribution in [0, 0.1) is 5.92 Å². The van der Waals surface area contributed by atoms with E-state index in [0.29, 0.717) is 25.7 Å². The molecule has 0 heterocycles. The maximum absolute atomic E-state index is 13.2. The van der Waals surface area contributed by atoms with Crippen LogP contribution in [0.15, 0.2) is 0 Å². The van der Waals surface area contributed by atoms with Crippen LogP contribution in [0.1, 0.15) is 465 Å². The molecular formula is C86H168O17P2. The maximum Gasteiger partial charge on any atom is 0.472 e. The normalized spacial score (nSPS) is 14.0. The lowest BCUT2D eigenvalue weighted by molar-refractivity contribution is -0.161. The van der Waals surface area contributed by atoms with E-state index in [2.05, 4.69) is 34.6 Å². The average Bonchev–Trinajstić information content (AvgIpc) is 0.908. The van der Waals surface area contributed by atoms with Crippen molar-refractivity contribution in [1.29, 1.82) is 0 Å². The Bertz CT molecular complexity index is 2000. The van der Waals surface area contributed by atoms with Gasteiger partial charge in [-0.15, -0.1) is 0 Å². The second kappa shape index (κ2) is 78.7. The van der Waals surface area contributed by atoms with E-state index >= 15 is 0 Å². The number of esters is 4. The molecule has 0 spiro atoms. The van der Waals surface area contributed by atoms with Gasteiger partial charge in [-0.05, 0) is 31.6 Å². The third-order valence-electron chi connectivity index (χ3n) is 20.6. The van der Waals surface area contributed by atoms with Crippen molar-refractivity contribution in [2.75, 3.05) is 39.6 Å². The van der Waals surface area contributed by atoms with Gasteiger partial charge in [0.15, 0.2) is 12.2 Å². The fourth-order valence-corrected chi connectivity index (χ4v) is 15.0. The van der Waals surface area contributed by atoms with Crippen LogP contribution < -0.4 is 0 Å². The number of phosphoric ester groups is 2. The van der Waals surface area contributed by atoms with Crippen molar-refractivity contribution in [3.8, 4) is 0 Å². The Labute approximate surface area is 645 Å². The molecule has 0 aliphatic carbocycles. The van der Waals surface area contributed by atoms with Crippen LogP contribution in [0.5, 0.6) is 0 Å².